The number of hydrogen-bond acceptors (Lipinski definition) is 4. The number of hydrogen-bond donors (Lipinski definition) is 1. The van der Waals surface area contributed by atoms with Gasteiger partial charge in [0.15, 0.2) is 0 Å². The van der Waals surface area contributed by atoms with Crippen LogP contribution in [-0.4, -0.2) is 24.4 Å². The van der Waals surface area contributed by atoms with Crippen LogP contribution in [0.2, 0.25) is 0 Å². The quantitative estimate of drug-likeness (QED) is 0.529. The molecule has 1 aliphatic rings. The Morgan fingerprint density at radius 2 is 2.07 bits per heavy atom. The van der Waals surface area contributed by atoms with Crippen molar-refractivity contribution < 1.29 is 14.3 Å². The highest BCUT2D eigenvalue weighted by molar-refractivity contribution is 5.94. The van der Waals surface area contributed by atoms with E-state index in [9.17, 15) is 9.59 Å². The van der Waals surface area contributed by atoms with Crippen molar-refractivity contribution in [2.75, 3.05) is 6.61 Å². The van der Waals surface area contributed by atoms with E-state index in [-0.39, 0.29) is 18.8 Å². The summed E-state index contributed by atoms with van der Waals surface area (Å²) in [5.41, 5.74) is 1.02. The number of carbonyl (C=O) groups excluding carboxylic acids is 2. The predicted octanol–water partition coefficient (Wildman–Crippen LogP) is 1.16. The van der Waals surface area contributed by atoms with E-state index in [1.807, 2.05) is 13.0 Å². The molecule has 0 atom stereocenters. The minimum absolute atomic E-state index is 0.136. The monoisotopic (exact) mass is 211 g/mol. The summed E-state index contributed by atoms with van der Waals surface area (Å²) in [6.07, 6.45) is 4.11. The first kappa shape index (κ1) is 11.8. The predicted molar refractivity (Wildman–Crippen MR) is 56.2 cm³/mol. The van der Waals surface area contributed by atoms with Crippen molar-refractivity contribution in [1.82, 2.24) is 5.32 Å². The first-order chi connectivity index (χ1) is 7.08. The smallest absolute Gasteiger partial charge is 0.313 e. The molecule has 0 radical (unpaired) electrons. The van der Waals surface area contributed by atoms with Gasteiger partial charge in [-0.25, -0.2) is 0 Å². The molecule has 0 aromatic carbocycles. The van der Waals surface area contributed by atoms with Gasteiger partial charge >= 0.3 is 5.97 Å². The van der Waals surface area contributed by atoms with E-state index in [1.54, 1.807) is 0 Å². The standard InChI is InChI=1S/C11H17NO3/c1-8(12-10-3-4-10)5-6-15-11(14)7-9(2)13/h5,10,12H,3-4,6-7H2,1-2H3. The summed E-state index contributed by atoms with van der Waals surface area (Å²) < 4.78 is 4.85. The fourth-order valence-corrected chi connectivity index (χ4v) is 1.12. The maximum absolute atomic E-state index is 11.0. The maximum atomic E-state index is 11.0. The normalized spacial score (nSPS) is 16.0. The van der Waals surface area contributed by atoms with E-state index in [0.29, 0.717) is 6.04 Å². The summed E-state index contributed by atoms with van der Waals surface area (Å²) in [5.74, 6) is -0.630. The Labute approximate surface area is 89.7 Å². The Morgan fingerprint density at radius 3 is 2.60 bits per heavy atom. The summed E-state index contributed by atoms with van der Waals surface area (Å²) >= 11 is 0. The third-order valence-corrected chi connectivity index (χ3v) is 2.04. The highest BCUT2D eigenvalue weighted by Gasteiger charge is 2.20. The number of rotatable bonds is 6. The van der Waals surface area contributed by atoms with Gasteiger partial charge in [0.2, 0.25) is 0 Å². The van der Waals surface area contributed by atoms with Gasteiger partial charge in [-0.15, -0.1) is 0 Å². The highest BCUT2D eigenvalue weighted by Crippen LogP contribution is 2.19. The number of Topliss-reactive ketones (excluding diaryl/α,β-unsaturated/α-hetero) is 1. The first-order valence-electron chi connectivity index (χ1n) is 5.16. The van der Waals surface area contributed by atoms with Crippen LogP contribution in [0.25, 0.3) is 0 Å². The van der Waals surface area contributed by atoms with Crippen LogP contribution in [0.4, 0.5) is 0 Å². The summed E-state index contributed by atoms with van der Waals surface area (Å²) in [5, 5.41) is 3.27. The minimum atomic E-state index is -0.460. The lowest BCUT2D eigenvalue weighted by atomic mass is 10.3. The van der Waals surface area contributed by atoms with Crippen molar-refractivity contribution in [3.05, 3.63) is 11.8 Å². The van der Waals surface area contributed by atoms with Crippen LogP contribution in [-0.2, 0) is 14.3 Å². The number of nitrogens with one attached hydrogen (secondary N) is 1. The van der Waals surface area contributed by atoms with Crippen LogP contribution in [0.5, 0.6) is 0 Å². The van der Waals surface area contributed by atoms with Crippen molar-refractivity contribution >= 4 is 11.8 Å². The zero-order valence-electron chi connectivity index (χ0n) is 9.21. The molecule has 15 heavy (non-hydrogen) atoms. The van der Waals surface area contributed by atoms with E-state index in [4.69, 9.17) is 4.74 Å². The molecule has 0 saturated heterocycles. The van der Waals surface area contributed by atoms with Gasteiger partial charge in [-0.2, -0.15) is 0 Å². The van der Waals surface area contributed by atoms with Gasteiger partial charge in [0, 0.05) is 11.7 Å². The molecule has 0 heterocycles. The molecule has 84 valence electrons. The Hall–Kier alpha value is -1.32. The summed E-state index contributed by atoms with van der Waals surface area (Å²) in [7, 11) is 0. The van der Waals surface area contributed by atoms with Crippen LogP contribution >= 0.6 is 0 Å². The van der Waals surface area contributed by atoms with Crippen LogP contribution in [0.1, 0.15) is 33.1 Å². The van der Waals surface area contributed by atoms with Crippen molar-refractivity contribution in [2.24, 2.45) is 0 Å². The largest absolute Gasteiger partial charge is 0.461 e. The topological polar surface area (TPSA) is 55.4 Å². The Bertz CT molecular complexity index is 280. The zero-order chi connectivity index (χ0) is 11.3. The van der Waals surface area contributed by atoms with Gasteiger partial charge in [-0.05, 0) is 32.8 Å². The van der Waals surface area contributed by atoms with E-state index in [2.05, 4.69) is 5.32 Å². The third-order valence-electron chi connectivity index (χ3n) is 2.04. The number of ketones is 1. The van der Waals surface area contributed by atoms with Crippen molar-refractivity contribution in [2.45, 2.75) is 39.2 Å². The lowest BCUT2D eigenvalue weighted by molar-refractivity contribution is -0.144. The molecule has 1 saturated carbocycles. The molecule has 0 aromatic rings. The van der Waals surface area contributed by atoms with Crippen molar-refractivity contribution in [3.63, 3.8) is 0 Å². The van der Waals surface area contributed by atoms with Gasteiger partial charge in [-0.1, -0.05) is 0 Å². The number of allylic oxidation sites excluding steroid dienone is 1. The second-order valence-corrected chi connectivity index (χ2v) is 3.87. The number of ether oxygens (including phenoxy) is 1. The van der Waals surface area contributed by atoms with Crippen molar-refractivity contribution in [3.8, 4) is 0 Å². The minimum Gasteiger partial charge on any atom is -0.461 e. The maximum Gasteiger partial charge on any atom is 0.313 e. The molecule has 1 fully saturated rings. The van der Waals surface area contributed by atoms with Gasteiger partial charge in [-0.3, -0.25) is 9.59 Å². The molecule has 0 spiro atoms. The molecule has 0 bridgehead atoms. The number of esters is 1. The zero-order valence-corrected chi connectivity index (χ0v) is 9.21. The highest BCUT2D eigenvalue weighted by atomic mass is 16.5. The molecule has 1 N–H and O–H groups in total. The Kier molecular flexibility index (Phi) is 4.34. The lowest BCUT2D eigenvalue weighted by Crippen LogP contribution is -2.14. The van der Waals surface area contributed by atoms with Crippen LogP contribution in [0.3, 0.4) is 0 Å². The average molecular weight is 211 g/mol. The second-order valence-electron chi connectivity index (χ2n) is 3.87. The molecule has 0 aromatic heterocycles. The molecule has 1 rings (SSSR count). The number of carbonyl (C=O) groups is 2. The molecule has 0 unspecified atom stereocenters. The lowest BCUT2D eigenvalue weighted by Gasteiger charge is -2.04. The molecule has 4 heteroatoms. The van der Waals surface area contributed by atoms with E-state index >= 15 is 0 Å². The molecule has 4 nitrogen and oxygen atoms in total. The second kappa shape index (κ2) is 5.53. The summed E-state index contributed by atoms with van der Waals surface area (Å²) in [4.78, 5) is 21.6. The average Bonchev–Trinajstić information content (AvgIpc) is 2.86. The molecule has 0 amide bonds. The van der Waals surface area contributed by atoms with E-state index in [0.717, 1.165) is 5.70 Å². The third kappa shape index (κ3) is 5.88. The SMILES string of the molecule is CC(=O)CC(=O)OCC=C(C)NC1CC1. The van der Waals surface area contributed by atoms with Crippen molar-refractivity contribution in [1.29, 1.82) is 0 Å². The van der Waals surface area contributed by atoms with Crippen LogP contribution < -0.4 is 5.32 Å². The molecular formula is C11H17NO3. The van der Waals surface area contributed by atoms with Crippen LogP contribution in [0, 0.1) is 0 Å². The molecule has 0 aliphatic heterocycles. The van der Waals surface area contributed by atoms with Crippen LogP contribution in [0.15, 0.2) is 11.8 Å². The summed E-state index contributed by atoms with van der Waals surface area (Å²) in [6, 6.07) is 0.606. The molecular weight excluding hydrogens is 194 g/mol. The van der Waals surface area contributed by atoms with Gasteiger partial charge in [0.05, 0.1) is 0 Å². The summed E-state index contributed by atoms with van der Waals surface area (Å²) in [6.45, 7) is 3.55. The van der Waals surface area contributed by atoms with Gasteiger partial charge in [0.1, 0.15) is 18.8 Å². The first-order valence-corrected chi connectivity index (χ1v) is 5.16. The Morgan fingerprint density at radius 1 is 1.40 bits per heavy atom. The van der Waals surface area contributed by atoms with Gasteiger partial charge in [0.25, 0.3) is 0 Å². The Balaban J connectivity index is 2.12. The van der Waals surface area contributed by atoms with E-state index < -0.39 is 5.97 Å². The fraction of sp³-hybridized carbons (Fsp3) is 0.636. The van der Waals surface area contributed by atoms with E-state index in [1.165, 1.54) is 19.8 Å². The fourth-order valence-electron chi connectivity index (χ4n) is 1.12. The van der Waals surface area contributed by atoms with Gasteiger partial charge < -0.3 is 10.1 Å². The molecule has 1 aliphatic carbocycles.